The molecule has 80 valence electrons. The van der Waals surface area contributed by atoms with Crippen molar-refractivity contribution in [1.82, 2.24) is 10.3 Å². The normalized spacial score (nSPS) is 11.9. The Labute approximate surface area is 87.9 Å². The summed E-state index contributed by atoms with van der Waals surface area (Å²) in [6.07, 6.45) is -2.44. The summed E-state index contributed by atoms with van der Waals surface area (Å²) in [6, 6.07) is 0. The topological polar surface area (TPSA) is 24.9 Å². The van der Waals surface area contributed by atoms with Crippen molar-refractivity contribution in [2.45, 2.75) is 10.5 Å². The predicted octanol–water partition coefficient (Wildman–Crippen LogP) is 2.39. The van der Waals surface area contributed by atoms with E-state index in [0.29, 0.717) is 12.3 Å². The van der Waals surface area contributed by atoms with Crippen LogP contribution in [0.5, 0.6) is 0 Å². The molecule has 0 aliphatic carbocycles. The SMILES string of the molecule is FC(F)(F)CNCCSc1nccs1. The molecule has 1 aromatic heterocycles. The fourth-order valence-electron chi connectivity index (χ4n) is 0.722. The number of nitrogens with one attached hydrogen (secondary N) is 1. The van der Waals surface area contributed by atoms with Crippen LogP contribution in [-0.2, 0) is 0 Å². The summed E-state index contributed by atoms with van der Waals surface area (Å²) >= 11 is 2.94. The van der Waals surface area contributed by atoms with Crippen LogP contribution in [0.2, 0.25) is 0 Å². The summed E-state index contributed by atoms with van der Waals surface area (Å²) in [5.74, 6) is 0.601. The molecule has 0 unspecified atom stereocenters. The van der Waals surface area contributed by atoms with E-state index in [1.807, 2.05) is 5.38 Å². The van der Waals surface area contributed by atoms with Gasteiger partial charge in [-0.05, 0) is 0 Å². The van der Waals surface area contributed by atoms with E-state index in [1.54, 1.807) is 6.20 Å². The zero-order valence-corrected chi connectivity index (χ0v) is 8.81. The first-order valence-electron chi connectivity index (χ1n) is 3.88. The fourth-order valence-corrected chi connectivity index (χ4v) is 2.33. The van der Waals surface area contributed by atoms with Crippen molar-refractivity contribution < 1.29 is 13.2 Å². The quantitative estimate of drug-likeness (QED) is 0.634. The molecule has 0 aliphatic heterocycles. The predicted molar refractivity (Wildman–Crippen MR) is 51.8 cm³/mol. The number of hydrogen-bond acceptors (Lipinski definition) is 4. The Balaban J connectivity index is 2.00. The molecule has 7 heteroatoms. The molecule has 0 saturated heterocycles. The molecule has 0 fully saturated rings. The van der Waals surface area contributed by atoms with Gasteiger partial charge in [-0.2, -0.15) is 13.2 Å². The zero-order valence-electron chi connectivity index (χ0n) is 7.17. The minimum atomic E-state index is -4.12. The third-order valence-corrected chi connectivity index (χ3v) is 3.21. The first-order chi connectivity index (χ1) is 6.58. The van der Waals surface area contributed by atoms with Crippen LogP contribution in [0.1, 0.15) is 0 Å². The van der Waals surface area contributed by atoms with Crippen LogP contribution in [0.25, 0.3) is 0 Å². The van der Waals surface area contributed by atoms with E-state index in [0.717, 1.165) is 4.34 Å². The maximum Gasteiger partial charge on any atom is 0.401 e. The van der Waals surface area contributed by atoms with E-state index in [2.05, 4.69) is 10.3 Å². The van der Waals surface area contributed by atoms with Gasteiger partial charge in [0.1, 0.15) is 4.34 Å². The summed E-state index contributed by atoms with van der Waals surface area (Å²) in [4.78, 5) is 3.99. The second kappa shape index (κ2) is 5.57. The van der Waals surface area contributed by atoms with Gasteiger partial charge in [0.2, 0.25) is 0 Å². The minimum absolute atomic E-state index is 0.337. The largest absolute Gasteiger partial charge is 0.401 e. The molecule has 14 heavy (non-hydrogen) atoms. The molecule has 0 atom stereocenters. The number of thiazole rings is 1. The van der Waals surface area contributed by atoms with Gasteiger partial charge in [-0.25, -0.2) is 4.98 Å². The summed E-state index contributed by atoms with van der Waals surface area (Å²) < 4.78 is 35.9. The molecule has 1 N–H and O–H groups in total. The molecule has 2 nitrogen and oxygen atoms in total. The molecule has 0 amide bonds. The monoisotopic (exact) mass is 242 g/mol. The van der Waals surface area contributed by atoms with Crippen LogP contribution < -0.4 is 5.32 Å². The minimum Gasteiger partial charge on any atom is -0.308 e. The van der Waals surface area contributed by atoms with Gasteiger partial charge in [0.15, 0.2) is 0 Å². The first kappa shape index (κ1) is 11.8. The highest BCUT2D eigenvalue weighted by atomic mass is 32.2. The van der Waals surface area contributed by atoms with Crippen LogP contribution in [0.15, 0.2) is 15.9 Å². The summed E-state index contributed by atoms with van der Waals surface area (Å²) in [6.45, 7) is -0.588. The summed E-state index contributed by atoms with van der Waals surface area (Å²) in [5.41, 5.74) is 0. The van der Waals surface area contributed by atoms with Gasteiger partial charge in [-0.1, -0.05) is 11.8 Å². The smallest absolute Gasteiger partial charge is 0.308 e. The highest BCUT2D eigenvalue weighted by Gasteiger charge is 2.25. The Hall–Kier alpha value is -0.270. The van der Waals surface area contributed by atoms with Gasteiger partial charge in [0.05, 0.1) is 6.54 Å². The van der Waals surface area contributed by atoms with Gasteiger partial charge in [-0.3, -0.25) is 0 Å². The molecule has 0 aliphatic rings. The molecule has 1 rings (SSSR count). The molecule has 0 aromatic carbocycles. The average Bonchev–Trinajstić information content (AvgIpc) is 2.54. The molecule has 1 aromatic rings. The van der Waals surface area contributed by atoms with Crippen molar-refractivity contribution in [3.05, 3.63) is 11.6 Å². The van der Waals surface area contributed by atoms with E-state index in [-0.39, 0.29) is 0 Å². The second-order valence-electron chi connectivity index (χ2n) is 2.44. The Morgan fingerprint density at radius 3 is 2.86 bits per heavy atom. The van der Waals surface area contributed by atoms with Crippen molar-refractivity contribution in [1.29, 1.82) is 0 Å². The third-order valence-electron chi connectivity index (χ3n) is 1.24. The van der Waals surface area contributed by atoms with Crippen molar-refractivity contribution in [2.24, 2.45) is 0 Å². The van der Waals surface area contributed by atoms with Gasteiger partial charge in [0, 0.05) is 23.9 Å². The van der Waals surface area contributed by atoms with Crippen LogP contribution in [0.3, 0.4) is 0 Å². The number of hydrogen-bond donors (Lipinski definition) is 1. The highest BCUT2D eigenvalue weighted by molar-refractivity contribution is 8.01. The molecule has 1 heterocycles. The van der Waals surface area contributed by atoms with Crippen molar-refractivity contribution in [2.75, 3.05) is 18.8 Å². The molecule has 0 saturated carbocycles. The third kappa shape index (κ3) is 5.46. The molecular weight excluding hydrogens is 233 g/mol. The van der Waals surface area contributed by atoms with Gasteiger partial charge >= 0.3 is 6.18 Å². The van der Waals surface area contributed by atoms with Crippen LogP contribution >= 0.6 is 23.1 Å². The average molecular weight is 242 g/mol. The molecule has 0 radical (unpaired) electrons. The van der Waals surface area contributed by atoms with Crippen molar-refractivity contribution in [3.8, 4) is 0 Å². The lowest BCUT2D eigenvalue weighted by Crippen LogP contribution is -2.30. The highest BCUT2D eigenvalue weighted by Crippen LogP contribution is 2.19. The number of halogens is 3. The lowest BCUT2D eigenvalue weighted by Gasteiger charge is -2.06. The molecular formula is C7H9F3N2S2. The number of nitrogens with zero attached hydrogens (tertiary/aromatic N) is 1. The van der Waals surface area contributed by atoms with Crippen molar-refractivity contribution >= 4 is 23.1 Å². The van der Waals surface area contributed by atoms with E-state index >= 15 is 0 Å². The Morgan fingerprint density at radius 2 is 2.29 bits per heavy atom. The van der Waals surface area contributed by atoms with Crippen LogP contribution in [-0.4, -0.2) is 30.0 Å². The Bertz CT molecular complexity index is 248. The number of rotatable bonds is 5. The first-order valence-corrected chi connectivity index (χ1v) is 5.74. The molecule has 0 bridgehead atoms. The van der Waals surface area contributed by atoms with E-state index in [9.17, 15) is 13.2 Å². The second-order valence-corrected chi connectivity index (χ2v) is 4.68. The van der Waals surface area contributed by atoms with E-state index in [4.69, 9.17) is 0 Å². The van der Waals surface area contributed by atoms with E-state index in [1.165, 1.54) is 23.1 Å². The zero-order chi connectivity index (χ0) is 10.4. The van der Waals surface area contributed by atoms with Crippen LogP contribution in [0.4, 0.5) is 13.2 Å². The van der Waals surface area contributed by atoms with Gasteiger partial charge in [0.25, 0.3) is 0 Å². The Kier molecular flexibility index (Phi) is 4.70. The maximum atomic E-state index is 11.7. The van der Waals surface area contributed by atoms with E-state index < -0.39 is 12.7 Å². The molecule has 0 spiro atoms. The lowest BCUT2D eigenvalue weighted by atomic mass is 10.6. The van der Waals surface area contributed by atoms with Crippen molar-refractivity contribution in [3.63, 3.8) is 0 Å². The summed E-state index contributed by atoms with van der Waals surface area (Å²) in [5, 5.41) is 4.16. The number of aromatic nitrogens is 1. The standard InChI is InChI=1S/C7H9F3N2S2/c8-7(9,10)5-11-1-3-13-6-12-2-4-14-6/h2,4,11H,1,3,5H2. The Morgan fingerprint density at radius 1 is 1.50 bits per heavy atom. The van der Waals surface area contributed by atoms with Crippen LogP contribution in [0, 0.1) is 0 Å². The maximum absolute atomic E-state index is 11.7. The van der Waals surface area contributed by atoms with Gasteiger partial charge in [-0.15, -0.1) is 11.3 Å². The fraction of sp³-hybridized carbons (Fsp3) is 0.571. The number of thioether (sulfide) groups is 1. The lowest BCUT2D eigenvalue weighted by molar-refractivity contribution is -0.124. The van der Waals surface area contributed by atoms with Gasteiger partial charge < -0.3 is 5.32 Å². The summed E-state index contributed by atoms with van der Waals surface area (Å²) in [7, 11) is 0. The number of alkyl halides is 3.